The van der Waals surface area contributed by atoms with Crippen molar-refractivity contribution in [1.82, 2.24) is 4.90 Å². The molecule has 0 aliphatic carbocycles. The second kappa shape index (κ2) is 3.21. The smallest absolute Gasteiger partial charge is 0.0274 e. The Labute approximate surface area is 58.0 Å². The first-order valence-electron chi connectivity index (χ1n) is 3.88. The molecule has 0 aromatic rings. The van der Waals surface area contributed by atoms with Crippen LogP contribution in [0.4, 0.5) is 0 Å². The fourth-order valence-corrected chi connectivity index (χ4v) is 1.56. The first-order valence-corrected chi connectivity index (χ1v) is 3.88. The lowest BCUT2D eigenvalue weighted by molar-refractivity contribution is 0.420. The molecule has 0 aromatic carbocycles. The summed E-state index contributed by atoms with van der Waals surface area (Å²) in [6.07, 6.45) is 4.10. The summed E-state index contributed by atoms with van der Waals surface area (Å²) in [6, 6.07) is 0. The van der Waals surface area contributed by atoms with Crippen molar-refractivity contribution in [3.63, 3.8) is 0 Å². The van der Waals surface area contributed by atoms with Crippen LogP contribution in [0.25, 0.3) is 0 Å². The Morgan fingerprint density at radius 3 is 2.89 bits per heavy atom. The van der Waals surface area contributed by atoms with Gasteiger partial charge in [-0.3, -0.25) is 7.05 Å². The van der Waals surface area contributed by atoms with Crippen molar-refractivity contribution in [2.45, 2.75) is 26.2 Å². The summed E-state index contributed by atoms with van der Waals surface area (Å²) >= 11 is 0. The largest absolute Gasteiger partial charge is 0.459 e. The number of hydrogen-bond donors (Lipinski definition) is 0. The molecule has 1 heteroatoms. The zero-order valence-electron chi connectivity index (χ0n) is 6.27. The summed E-state index contributed by atoms with van der Waals surface area (Å²) in [6.45, 7) is 4.70. The van der Waals surface area contributed by atoms with E-state index >= 15 is 0 Å². The van der Waals surface area contributed by atoms with Crippen LogP contribution in [0.3, 0.4) is 0 Å². The van der Waals surface area contributed by atoms with Crippen molar-refractivity contribution >= 4 is 0 Å². The Balaban J connectivity index is 2.14. The van der Waals surface area contributed by atoms with Gasteiger partial charge >= 0.3 is 0 Å². The van der Waals surface area contributed by atoms with Crippen molar-refractivity contribution < 1.29 is 0 Å². The van der Waals surface area contributed by atoms with Gasteiger partial charge in [0, 0.05) is 0 Å². The quantitative estimate of drug-likeness (QED) is 0.511. The monoisotopic (exact) mass is 126 g/mol. The van der Waals surface area contributed by atoms with Crippen LogP contribution in [-0.2, 0) is 0 Å². The second-order valence-electron chi connectivity index (χ2n) is 3.02. The molecular formula is C8H16N-. The summed E-state index contributed by atoms with van der Waals surface area (Å²) < 4.78 is 0. The number of likely N-dealkylation sites (tertiary alicyclic amines) is 1. The molecule has 1 aliphatic rings. The Bertz CT molecular complexity index is 78.6. The molecule has 1 atom stereocenters. The maximum absolute atomic E-state index is 3.90. The van der Waals surface area contributed by atoms with Crippen LogP contribution in [0.5, 0.6) is 0 Å². The van der Waals surface area contributed by atoms with Gasteiger partial charge in [-0.25, -0.2) is 0 Å². The van der Waals surface area contributed by atoms with Crippen LogP contribution in [0.1, 0.15) is 26.2 Å². The Kier molecular flexibility index (Phi) is 2.52. The molecule has 0 spiro atoms. The van der Waals surface area contributed by atoms with Gasteiger partial charge in [-0.05, 0) is 31.8 Å². The standard InChI is InChI=1S/C8H16N/c1-3-4-8-5-6-9(2)7-8/h8H,2-7H2,1H3/q-1. The molecule has 0 aromatic heterocycles. The van der Waals surface area contributed by atoms with Gasteiger partial charge in [0.15, 0.2) is 0 Å². The van der Waals surface area contributed by atoms with E-state index in [0.29, 0.717) is 0 Å². The fraction of sp³-hybridized carbons (Fsp3) is 0.875. The van der Waals surface area contributed by atoms with E-state index in [0.717, 1.165) is 5.92 Å². The van der Waals surface area contributed by atoms with Crippen LogP contribution in [0.2, 0.25) is 0 Å². The molecule has 0 amide bonds. The highest BCUT2D eigenvalue weighted by Crippen LogP contribution is 2.19. The minimum absolute atomic E-state index is 0.951. The summed E-state index contributed by atoms with van der Waals surface area (Å²) in [5.41, 5.74) is 0. The molecule has 0 saturated carbocycles. The van der Waals surface area contributed by atoms with Gasteiger partial charge in [0.2, 0.25) is 0 Å². The Hall–Kier alpha value is -0.0400. The van der Waals surface area contributed by atoms with Crippen molar-refractivity contribution in [3.05, 3.63) is 7.05 Å². The average molecular weight is 126 g/mol. The molecule has 0 N–H and O–H groups in total. The first kappa shape index (κ1) is 7.07. The second-order valence-corrected chi connectivity index (χ2v) is 3.02. The van der Waals surface area contributed by atoms with Gasteiger partial charge in [0.25, 0.3) is 0 Å². The van der Waals surface area contributed by atoms with Crippen LogP contribution >= 0.6 is 0 Å². The van der Waals surface area contributed by atoms with Crippen molar-refractivity contribution in [1.29, 1.82) is 0 Å². The molecule has 0 radical (unpaired) electrons. The lowest BCUT2D eigenvalue weighted by atomic mass is 10.0. The van der Waals surface area contributed by atoms with E-state index in [4.69, 9.17) is 0 Å². The van der Waals surface area contributed by atoms with Crippen LogP contribution in [0, 0.1) is 13.0 Å². The molecule has 0 bridgehead atoms. The molecule has 1 unspecified atom stereocenters. The molecular weight excluding hydrogens is 110 g/mol. The normalized spacial score (nSPS) is 29.3. The van der Waals surface area contributed by atoms with E-state index in [-0.39, 0.29) is 0 Å². The third-order valence-corrected chi connectivity index (χ3v) is 2.07. The minimum atomic E-state index is 0.951. The summed E-state index contributed by atoms with van der Waals surface area (Å²) in [4.78, 5) is 2.18. The Morgan fingerprint density at radius 2 is 2.44 bits per heavy atom. The molecule has 9 heavy (non-hydrogen) atoms. The van der Waals surface area contributed by atoms with Gasteiger partial charge in [-0.15, -0.1) is 0 Å². The van der Waals surface area contributed by atoms with Crippen molar-refractivity contribution in [2.75, 3.05) is 13.1 Å². The summed E-state index contributed by atoms with van der Waals surface area (Å²) in [5, 5.41) is 0. The van der Waals surface area contributed by atoms with Gasteiger partial charge in [-0.2, -0.15) is 0 Å². The fourth-order valence-electron chi connectivity index (χ4n) is 1.56. The van der Waals surface area contributed by atoms with E-state index in [1.807, 2.05) is 0 Å². The summed E-state index contributed by atoms with van der Waals surface area (Å²) in [5.74, 6) is 0.951. The molecule has 1 heterocycles. The predicted molar refractivity (Wildman–Crippen MR) is 39.9 cm³/mol. The lowest BCUT2D eigenvalue weighted by Gasteiger charge is -2.16. The van der Waals surface area contributed by atoms with E-state index in [1.54, 1.807) is 0 Å². The maximum atomic E-state index is 3.90. The highest BCUT2D eigenvalue weighted by Gasteiger charge is 2.13. The van der Waals surface area contributed by atoms with E-state index in [1.165, 1.54) is 32.4 Å². The van der Waals surface area contributed by atoms with Gasteiger partial charge < -0.3 is 4.90 Å². The van der Waals surface area contributed by atoms with Crippen molar-refractivity contribution in [2.24, 2.45) is 5.92 Å². The van der Waals surface area contributed by atoms with Crippen LogP contribution < -0.4 is 0 Å². The number of rotatable bonds is 2. The van der Waals surface area contributed by atoms with E-state index in [2.05, 4.69) is 18.9 Å². The third-order valence-electron chi connectivity index (χ3n) is 2.07. The lowest BCUT2D eigenvalue weighted by Crippen LogP contribution is -2.10. The third kappa shape index (κ3) is 1.98. The number of hydrogen-bond acceptors (Lipinski definition) is 1. The molecule has 1 nitrogen and oxygen atoms in total. The zero-order valence-corrected chi connectivity index (χ0v) is 6.27. The van der Waals surface area contributed by atoms with Gasteiger partial charge in [0.05, 0.1) is 0 Å². The SMILES string of the molecule is [CH2-]N1CCC(CCC)C1. The molecule has 1 rings (SSSR count). The molecule has 54 valence electrons. The highest BCUT2D eigenvalue weighted by atomic mass is 15.1. The maximum Gasteiger partial charge on any atom is -0.0274 e. The predicted octanol–water partition coefficient (Wildman–Crippen LogP) is 1.90. The molecule has 1 fully saturated rings. The van der Waals surface area contributed by atoms with E-state index in [9.17, 15) is 0 Å². The van der Waals surface area contributed by atoms with Gasteiger partial charge in [0.1, 0.15) is 0 Å². The topological polar surface area (TPSA) is 3.24 Å². The zero-order chi connectivity index (χ0) is 6.69. The highest BCUT2D eigenvalue weighted by molar-refractivity contribution is 4.73. The molecule has 1 saturated heterocycles. The average Bonchev–Trinajstić information content (AvgIpc) is 2.17. The van der Waals surface area contributed by atoms with Crippen LogP contribution in [-0.4, -0.2) is 18.0 Å². The molecule has 1 aliphatic heterocycles. The van der Waals surface area contributed by atoms with Crippen molar-refractivity contribution in [3.8, 4) is 0 Å². The van der Waals surface area contributed by atoms with Crippen LogP contribution in [0.15, 0.2) is 0 Å². The minimum Gasteiger partial charge on any atom is -0.459 e. The number of nitrogens with zero attached hydrogens (tertiary/aromatic N) is 1. The van der Waals surface area contributed by atoms with Gasteiger partial charge in [-0.1, -0.05) is 13.3 Å². The van der Waals surface area contributed by atoms with E-state index < -0.39 is 0 Å². The Morgan fingerprint density at radius 1 is 1.67 bits per heavy atom. The summed E-state index contributed by atoms with van der Waals surface area (Å²) in [7, 11) is 3.90. The first-order chi connectivity index (χ1) is 4.33.